The predicted octanol–water partition coefficient (Wildman–Crippen LogP) is 16.3. The Morgan fingerprint density at radius 1 is 0.270 bits per heavy atom. The molecule has 0 atom stereocenters. The summed E-state index contributed by atoms with van der Waals surface area (Å²) in [5, 5.41) is 0. The van der Waals surface area contributed by atoms with Crippen molar-refractivity contribution in [3.8, 4) is 44.5 Å². The molecule has 0 amide bonds. The van der Waals surface area contributed by atoms with Crippen LogP contribution in [0, 0.1) is 0 Å². The van der Waals surface area contributed by atoms with Crippen molar-refractivity contribution in [1.29, 1.82) is 0 Å². The summed E-state index contributed by atoms with van der Waals surface area (Å²) in [6.45, 7) is 0. The molecule has 0 aromatic heterocycles. The standard InChI is InChI=1S/C61H42N2/c1-4-21-43(22-5-1)44-39-41-46(42-40-44)49-28-12-17-35-56(49)63(55-34-16-11-27-48(55)45-23-6-2-7-24-45)59-38-20-33-54-60(59)50-29-10-13-30-51(50)61(54)52-31-14-18-36-57(52)62(47-25-8-3-9-26-47)58-37-19-15-32-53(58)61/h1-42H. The Morgan fingerprint density at radius 3 is 1.27 bits per heavy atom. The number of rotatable bonds is 7. The molecule has 0 fully saturated rings. The van der Waals surface area contributed by atoms with Crippen LogP contribution in [0.3, 0.4) is 0 Å². The first kappa shape index (κ1) is 36.6. The molecule has 0 N–H and O–H groups in total. The lowest BCUT2D eigenvalue weighted by Crippen LogP contribution is -2.36. The zero-order chi connectivity index (χ0) is 41.7. The second kappa shape index (κ2) is 15.1. The smallest absolute Gasteiger partial charge is 0.0755 e. The summed E-state index contributed by atoms with van der Waals surface area (Å²) in [5.41, 5.74) is 20.9. The molecule has 2 nitrogen and oxygen atoms in total. The van der Waals surface area contributed by atoms with E-state index in [1.165, 1.54) is 61.4 Å². The van der Waals surface area contributed by atoms with E-state index in [-0.39, 0.29) is 0 Å². The van der Waals surface area contributed by atoms with Gasteiger partial charge in [0, 0.05) is 22.4 Å². The molecular formula is C61H42N2. The van der Waals surface area contributed by atoms with Crippen molar-refractivity contribution in [3.63, 3.8) is 0 Å². The van der Waals surface area contributed by atoms with Gasteiger partial charge in [0.15, 0.2) is 0 Å². The summed E-state index contributed by atoms with van der Waals surface area (Å²) < 4.78 is 0. The highest BCUT2D eigenvalue weighted by molar-refractivity contribution is 6.04. The van der Waals surface area contributed by atoms with E-state index in [1.54, 1.807) is 0 Å². The maximum absolute atomic E-state index is 2.54. The normalized spacial score (nSPS) is 12.9. The van der Waals surface area contributed by atoms with E-state index in [0.717, 1.165) is 39.4 Å². The third-order valence-corrected chi connectivity index (χ3v) is 13.1. The fraction of sp³-hybridized carbons (Fsp3) is 0.0164. The van der Waals surface area contributed by atoms with Gasteiger partial charge in [-0.3, -0.25) is 0 Å². The largest absolute Gasteiger partial charge is 0.310 e. The summed E-state index contributed by atoms with van der Waals surface area (Å²) in [4.78, 5) is 4.98. The van der Waals surface area contributed by atoms with Crippen LogP contribution in [0.2, 0.25) is 0 Å². The van der Waals surface area contributed by atoms with E-state index in [0.29, 0.717) is 0 Å². The third-order valence-electron chi connectivity index (χ3n) is 13.1. The molecule has 0 saturated carbocycles. The van der Waals surface area contributed by atoms with Crippen molar-refractivity contribution in [1.82, 2.24) is 0 Å². The molecule has 1 spiro atoms. The Kier molecular flexibility index (Phi) is 8.76. The third kappa shape index (κ3) is 5.72. The van der Waals surface area contributed by atoms with E-state index in [9.17, 15) is 0 Å². The van der Waals surface area contributed by atoms with Crippen LogP contribution in [-0.4, -0.2) is 0 Å². The number of para-hydroxylation sites is 5. The van der Waals surface area contributed by atoms with Gasteiger partial charge in [0.05, 0.1) is 33.9 Å². The van der Waals surface area contributed by atoms with Crippen LogP contribution in [0.4, 0.5) is 34.1 Å². The number of anilines is 6. The van der Waals surface area contributed by atoms with Gasteiger partial charge in [-0.1, -0.05) is 212 Å². The molecule has 1 aliphatic carbocycles. The molecular weight excluding hydrogens is 761 g/mol. The highest BCUT2D eigenvalue weighted by Gasteiger charge is 2.52. The Labute approximate surface area is 369 Å². The highest BCUT2D eigenvalue weighted by atomic mass is 15.2. The van der Waals surface area contributed by atoms with Gasteiger partial charge >= 0.3 is 0 Å². The second-order valence-electron chi connectivity index (χ2n) is 16.4. The van der Waals surface area contributed by atoms with Gasteiger partial charge < -0.3 is 9.80 Å². The molecule has 2 aliphatic rings. The predicted molar refractivity (Wildman–Crippen MR) is 263 cm³/mol. The Bertz CT molecular complexity index is 3230. The van der Waals surface area contributed by atoms with Crippen LogP contribution < -0.4 is 9.80 Å². The summed E-state index contributed by atoms with van der Waals surface area (Å²) in [6.07, 6.45) is 0. The van der Waals surface area contributed by atoms with Crippen molar-refractivity contribution in [2.75, 3.05) is 9.80 Å². The first-order valence-electron chi connectivity index (χ1n) is 21.8. The molecule has 10 aromatic carbocycles. The Balaban J connectivity index is 1.15. The van der Waals surface area contributed by atoms with E-state index in [2.05, 4.69) is 265 Å². The van der Waals surface area contributed by atoms with Crippen molar-refractivity contribution in [2.24, 2.45) is 0 Å². The fourth-order valence-electron chi connectivity index (χ4n) is 10.5. The van der Waals surface area contributed by atoms with Gasteiger partial charge in [0.25, 0.3) is 0 Å². The summed E-state index contributed by atoms with van der Waals surface area (Å²) in [7, 11) is 0. The van der Waals surface area contributed by atoms with Crippen molar-refractivity contribution in [3.05, 3.63) is 277 Å². The van der Waals surface area contributed by atoms with E-state index < -0.39 is 5.41 Å². The fourth-order valence-corrected chi connectivity index (χ4v) is 10.5. The molecule has 2 heteroatoms. The van der Waals surface area contributed by atoms with Crippen molar-refractivity contribution >= 4 is 34.1 Å². The average Bonchev–Trinajstić information content (AvgIpc) is 3.66. The molecule has 0 bridgehead atoms. The molecule has 0 unspecified atom stereocenters. The van der Waals surface area contributed by atoms with Crippen LogP contribution in [0.25, 0.3) is 44.5 Å². The molecule has 0 radical (unpaired) electrons. The van der Waals surface area contributed by atoms with E-state index in [4.69, 9.17) is 0 Å². The van der Waals surface area contributed by atoms with Gasteiger partial charge in [-0.25, -0.2) is 0 Å². The van der Waals surface area contributed by atoms with Gasteiger partial charge in [0.1, 0.15) is 0 Å². The monoisotopic (exact) mass is 802 g/mol. The van der Waals surface area contributed by atoms with Crippen LogP contribution >= 0.6 is 0 Å². The Morgan fingerprint density at radius 2 is 0.667 bits per heavy atom. The number of nitrogens with zero attached hydrogens (tertiary/aromatic N) is 2. The number of hydrogen-bond acceptors (Lipinski definition) is 2. The first-order chi connectivity index (χ1) is 31.3. The van der Waals surface area contributed by atoms with Gasteiger partial charge in [-0.05, 0) is 92.5 Å². The lowest BCUT2D eigenvalue weighted by Gasteiger charge is -2.45. The average molecular weight is 803 g/mol. The highest BCUT2D eigenvalue weighted by Crippen LogP contribution is 2.65. The molecule has 12 rings (SSSR count). The topological polar surface area (TPSA) is 6.48 Å². The molecule has 296 valence electrons. The van der Waals surface area contributed by atoms with E-state index >= 15 is 0 Å². The van der Waals surface area contributed by atoms with E-state index in [1.807, 2.05) is 0 Å². The van der Waals surface area contributed by atoms with Gasteiger partial charge in [-0.15, -0.1) is 0 Å². The maximum atomic E-state index is 2.54. The van der Waals surface area contributed by atoms with Crippen molar-refractivity contribution in [2.45, 2.75) is 5.41 Å². The SMILES string of the molecule is c1ccc(-c2ccc(-c3ccccc3N(c3ccccc3-c3ccccc3)c3cccc4c3-c3ccccc3C43c4ccccc4N(c4ccccc4)c4ccccc43)cc2)cc1. The lowest BCUT2D eigenvalue weighted by molar-refractivity contribution is 0.752. The minimum absolute atomic E-state index is 0.586. The van der Waals surface area contributed by atoms with Gasteiger partial charge in [0.2, 0.25) is 0 Å². The summed E-state index contributed by atoms with van der Waals surface area (Å²) in [5.74, 6) is 0. The van der Waals surface area contributed by atoms with Crippen LogP contribution in [0.1, 0.15) is 22.3 Å². The van der Waals surface area contributed by atoms with Crippen molar-refractivity contribution < 1.29 is 0 Å². The lowest BCUT2D eigenvalue weighted by atomic mass is 9.64. The van der Waals surface area contributed by atoms with Crippen LogP contribution in [-0.2, 0) is 5.41 Å². The minimum atomic E-state index is -0.586. The van der Waals surface area contributed by atoms with Crippen LogP contribution in [0.5, 0.6) is 0 Å². The number of benzene rings is 10. The number of fused-ring (bicyclic) bond motifs is 9. The molecule has 63 heavy (non-hydrogen) atoms. The molecule has 1 aliphatic heterocycles. The maximum Gasteiger partial charge on any atom is 0.0755 e. The van der Waals surface area contributed by atoms with Gasteiger partial charge in [-0.2, -0.15) is 0 Å². The zero-order valence-corrected chi connectivity index (χ0v) is 34.6. The number of hydrogen-bond donors (Lipinski definition) is 0. The summed E-state index contributed by atoms with van der Waals surface area (Å²) >= 11 is 0. The second-order valence-corrected chi connectivity index (χ2v) is 16.4. The Hall–Kier alpha value is -8.20. The molecule has 1 heterocycles. The molecule has 0 saturated heterocycles. The quantitative estimate of drug-likeness (QED) is 0.158. The van der Waals surface area contributed by atoms with Crippen LogP contribution in [0.15, 0.2) is 255 Å². The minimum Gasteiger partial charge on any atom is -0.310 e. The summed E-state index contributed by atoms with van der Waals surface area (Å²) in [6, 6.07) is 93.3. The zero-order valence-electron chi connectivity index (χ0n) is 34.6. The first-order valence-corrected chi connectivity index (χ1v) is 21.8. The molecule has 10 aromatic rings.